The van der Waals surface area contributed by atoms with E-state index in [9.17, 15) is 0 Å². The normalized spacial score (nSPS) is 13.9. The summed E-state index contributed by atoms with van der Waals surface area (Å²) >= 11 is 0. The van der Waals surface area contributed by atoms with Crippen molar-refractivity contribution in [3.8, 4) is 11.5 Å². The van der Waals surface area contributed by atoms with Gasteiger partial charge in [0.2, 0.25) is 0 Å². The van der Waals surface area contributed by atoms with Crippen LogP contribution in [0.3, 0.4) is 0 Å². The van der Waals surface area contributed by atoms with Crippen LogP contribution in [0.15, 0.2) is 53.5 Å². The van der Waals surface area contributed by atoms with E-state index in [2.05, 4.69) is 10.4 Å². The molecule has 0 amide bonds. The summed E-state index contributed by atoms with van der Waals surface area (Å²) in [6.45, 7) is 1.13. The molecule has 20 heavy (non-hydrogen) atoms. The molecule has 0 saturated heterocycles. The van der Waals surface area contributed by atoms with Crippen LogP contribution in [0.5, 0.6) is 11.5 Å². The zero-order chi connectivity index (χ0) is 13.8. The van der Waals surface area contributed by atoms with E-state index in [4.69, 9.17) is 15.3 Å². The average molecular weight is 269 g/mol. The van der Waals surface area contributed by atoms with Gasteiger partial charge in [-0.05, 0) is 30.3 Å². The van der Waals surface area contributed by atoms with Gasteiger partial charge in [-0.15, -0.1) is 0 Å². The van der Waals surface area contributed by atoms with E-state index in [1.165, 1.54) is 0 Å². The van der Waals surface area contributed by atoms with Crippen molar-refractivity contribution in [3.63, 3.8) is 0 Å². The maximum atomic E-state index is 5.58. The number of benzene rings is 2. The highest BCUT2D eigenvalue weighted by Gasteiger charge is 2.13. The Morgan fingerprint density at radius 2 is 1.75 bits per heavy atom. The molecular formula is C15H15N3O2. The number of rotatable bonds is 2. The third kappa shape index (κ3) is 2.57. The van der Waals surface area contributed by atoms with E-state index < -0.39 is 0 Å². The van der Waals surface area contributed by atoms with Gasteiger partial charge in [-0.1, -0.05) is 18.2 Å². The zero-order valence-electron chi connectivity index (χ0n) is 10.9. The van der Waals surface area contributed by atoms with E-state index >= 15 is 0 Å². The summed E-state index contributed by atoms with van der Waals surface area (Å²) in [6.07, 6.45) is 0. The third-order valence-corrected chi connectivity index (χ3v) is 2.95. The van der Waals surface area contributed by atoms with Crippen molar-refractivity contribution in [1.29, 1.82) is 0 Å². The van der Waals surface area contributed by atoms with Gasteiger partial charge in [0.15, 0.2) is 11.5 Å². The van der Waals surface area contributed by atoms with E-state index in [0.717, 1.165) is 17.0 Å². The highest BCUT2D eigenvalue weighted by Crippen LogP contribution is 2.31. The number of ether oxygens (including phenoxy) is 2. The molecule has 1 heterocycles. The van der Waals surface area contributed by atoms with E-state index in [1.807, 2.05) is 48.5 Å². The first-order valence-electron chi connectivity index (χ1n) is 6.37. The number of aliphatic imine (C=N–C) groups is 1. The summed E-state index contributed by atoms with van der Waals surface area (Å²) in [7, 11) is 0. The molecule has 0 bridgehead atoms. The number of hydrogen-bond donors (Lipinski definition) is 2. The number of hydrazine groups is 1. The summed E-state index contributed by atoms with van der Waals surface area (Å²) < 4.78 is 11.1. The van der Waals surface area contributed by atoms with Crippen LogP contribution in [0.2, 0.25) is 0 Å². The Morgan fingerprint density at radius 1 is 1.00 bits per heavy atom. The Kier molecular flexibility index (Phi) is 3.52. The maximum absolute atomic E-state index is 5.58. The van der Waals surface area contributed by atoms with Gasteiger partial charge in [-0.2, -0.15) is 0 Å². The number of nitrogens with one attached hydrogen (secondary N) is 1. The van der Waals surface area contributed by atoms with Crippen molar-refractivity contribution < 1.29 is 9.47 Å². The van der Waals surface area contributed by atoms with Crippen molar-refractivity contribution in [2.45, 2.75) is 0 Å². The summed E-state index contributed by atoms with van der Waals surface area (Å²) in [5, 5.41) is 0. The molecule has 0 aromatic heterocycles. The Hall–Kier alpha value is -2.53. The van der Waals surface area contributed by atoms with E-state index in [0.29, 0.717) is 24.8 Å². The molecule has 1 aliphatic heterocycles. The van der Waals surface area contributed by atoms with Gasteiger partial charge in [0.1, 0.15) is 19.0 Å². The molecule has 5 heteroatoms. The highest BCUT2D eigenvalue weighted by atomic mass is 16.6. The third-order valence-electron chi connectivity index (χ3n) is 2.95. The van der Waals surface area contributed by atoms with Gasteiger partial charge in [0, 0.05) is 5.56 Å². The van der Waals surface area contributed by atoms with Gasteiger partial charge in [0.05, 0.1) is 5.69 Å². The molecule has 102 valence electrons. The largest absolute Gasteiger partial charge is 0.486 e. The number of para-hydroxylation sites is 1. The van der Waals surface area contributed by atoms with Crippen molar-refractivity contribution in [1.82, 2.24) is 5.43 Å². The number of hydrogen-bond acceptors (Lipinski definition) is 4. The Bertz CT molecular complexity index is 626. The molecule has 5 nitrogen and oxygen atoms in total. The van der Waals surface area contributed by atoms with Crippen molar-refractivity contribution >= 4 is 11.5 Å². The molecule has 0 atom stereocenters. The van der Waals surface area contributed by atoms with Crippen LogP contribution in [0, 0.1) is 0 Å². The Labute approximate surface area is 117 Å². The van der Waals surface area contributed by atoms with Crippen LogP contribution in [0.4, 0.5) is 5.69 Å². The molecule has 2 aromatic carbocycles. The van der Waals surface area contributed by atoms with E-state index in [1.54, 1.807) is 0 Å². The standard InChI is InChI=1S/C15H15N3O2/c16-18-15(17-12-4-2-1-3-5-12)11-6-7-13-14(10-11)20-9-8-19-13/h1-7,10H,8-9,16H2,(H,17,18). The topological polar surface area (TPSA) is 68.9 Å². The quantitative estimate of drug-likeness (QED) is 0.379. The van der Waals surface area contributed by atoms with Crippen molar-refractivity contribution in [2.75, 3.05) is 13.2 Å². The average Bonchev–Trinajstić information content (AvgIpc) is 2.53. The minimum atomic E-state index is 0.553. The predicted molar refractivity (Wildman–Crippen MR) is 77.4 cm³/mol. The molecule has 0 saturated carbocycles. The fourth-order valence-electron chi connectivity index (χ4n) is 2.00. The van der Waals surface area contributed by atoms with E-state index in [-0.39, 0.29) is 0 Å². The van der Waals surface area contributed by atoms with Gasteiger partial charge >= 0.3 is 0 Å². The smallest absolute Gasteiger partial charge is 0.162 e. The molecule has 3 N–H and O–H groups in total. The van der Waals surface area contributed by atoms with Crippen LogP contribution in [-0.4, -0.2) is 19.0 Å². The van der Waals surface area contributed by atoms with Crippen molar-refractivity contribution in [2.24, 2.45) is 10.8 Å². The molecule has 0 radical (unpaired) electrons. The number of amidine groups is 1. The Balaban J connectivity index is 1.95. The molecular weight excluding hydrogens is 254 g/mol. The van der Waals surface area contributed by atoms with Gasteiger partial charge in [-0.25, -0.2) is 10.8 Å². The molecule has 0 unspecified atom stereocenters. The lowest BCUT2D eigenvalue weighted by molar-refractivity contribution is 0.171. The van der Waals surface area contributed by atoms with Crippen molar-refractivity contribution in [3.05, 3.63) is 54.1 Å². The summed E-state index contributed by atoms with van der Waals surface area (Å²) in [5.41, 5.74) is 4.30. The predicted octanol–water partition coefficient (Wildman–Crippen LogP) is 2.00. The molecule has 1 aliphatic rings. The fraction of sp³-hybridized carbons (Fsp3) is 0.133. The Morgan fingerprint density at radius 3 is 2.50 bits per heavy atom. The first kappa shape index (κ1) is 12.5. The summed E-state index contributed by atoms with van der Waals surface area (Å²) in [5.74, 6) is 7.61. The number of nitrogens with two attached hydrogens (primary N) is 1. The first-order valence-corrected chi connectivity index (χ1v) is 6.37. The molecule has 0 fully saturated rings. The molecule has 2 aromatic rings. The maximum Gasteiger partial charge on any atom is 0.162 e. The number of nitrogens with zero attached hydrogens (tertiary/aromatic N) is 1. The lowest BCUT2D eigenvalue weighted by atomic mass is 10.1. The van der Waals surface area contributed by atoms with Gasteiger partial charge < -0.3 is 14.9 Å². The van der Waals surface area contributed by atoms with Crippen LogP contribution in [0.25, 0.3) is 0 Å². The lowest BCUT2D eigenvalue weighted by Crippen LogP contribution is -2.31. The van der Waals surface area contributed by atoms with Crippen LogP contribution >= 0.6 is 0 Å². The van der Waals surface area contributed by atoms with Gasteiger partial charge in [-0.3, -0.25) is 0 Å². The van der Waals surface area contributed by atoms with Crippen LogP contribution < -0.4 is 20.7 Å². The second-order valence-electron chi connectivity index (χ2n) is 4.30. The van der Waals surface area contributed by atoms with Crippen LogP contribution in [-0.2, 0) is 0 Å². The minimum absolute atomic E-state index is 0.553. The molecule has 0 aliphatic carbocycles. The second-order valence-corrected chi connectivity index (χ2v) is 4.30. The second kappa shape index (κ2) is 5.63. The fourth-order valence-corrected chi connectivity index (χ4v) is 2.00. The first-order chi connectivity index (χ1) is 9.86. The lowest BCUT2D eigenvalue weighted by Gasteiger charge is -2.19. The monoisotopic (exact) mass is 269 g/mol. The highest BCUT2D eigenvalue weighted by molar-refractivity contribution is 6.00. The zero-order valence-corrected chi connectivity index (χ0v) is 10.9. The van der Waals surface area contributed by atoms with Gasteiger partial charge in [0.25, 0.3) is 0 Å². The summed E-state index contributed by atoms with van der Waals surface area (Å²) in [6, 6.07) is 15.3. The summed E-state index contributed by atoms with van der Waals surface area (Å²) in [4.78, 5) is 4.48. The molecule has 3 rings (SSSR count). The minimum Gasteiger partial charge on any atom is -0.486 e. The van der Waals surface area contributed by atoms with Crippen LogP contribution in [0.1, 0.15) is 5.56 Å². The molecule has 0 spiro atoms. The number of fused-ring (bicyclic) bond motifs is 1. The SMILES string of the molecule is NNC(=Nc1ccccc1)c1ccc2c(c1)OCCO2.